The summed E-state index contributed by atoms with van der Waals surface area (Å²) in [5, 5.41) is 0. The predicted molar refractivity (Wildman–Crippen MR) is 90.7 cm³/mol. The van der Waals surface area contributed by atoms with Gasteiger partial charge in [0.2, 0.25) is 5.91 Å². The maximum absolute atomic E-state index is 12.6. The number of carbonyl (C=O) groups excluding carboxylic acids is 1. The van der Waals surface area contributed by atoms with Crippen LogP contribution in [0.1, 0.15) is 44.4 Å². The molecule has 5 heteroatoms. The molecule has 2 aliphatic rings. The molecule has 2 heterocycles. The summed E-state index contributed by atoms with van der Waals surface area (Å²) in [4.78, 5) is 19.2. The standard InChI is InChI=1S/C19H24N2O3/c22-19(21-12-13-23-17-9-4-2-7-15(17)21)11-5-10-18-20-14-6-1-3-8-16(14)24-18/h1,3,6,8,15,17H,2,4-5,7,9-13H2/t15-,17+/m1/s1. The molecule has 1 aliphatic carbocycles. The van der Waals surface area contributed by atoms with Gasteiger partial charge in [-0.15, -0.1) is 0 Å². The average molecular weight is 328 g/mol. The number of rotatable bonds is 4. The minimum atomic E-state index is 0.256. The van der Waals surface area contributed by atoms with Gasteiger partial charge in [-0.3, -0.25) is 4.79 Å². The largest absolute Gasteiger partial charge is 0.441 e. The topological polar surface area (TPSA) is 55.6 Å². The van der Waals surface area contributed by atoms with Crippen molar-refractivity contribution in [3.05, 3.63) is 30.2 Å². The number of oxazole rings is 1. The summed E-state index contributed by atoms with van der Waals surface area (Å²) in [6.45, 7) is 1.42. The molecule has 0 spiro atoms. The zero-order valence-corrected chi connectivity index (χ0v) is 13.9. The van der Waals surface area contributed by atoms with E-state index in [0.29, 0.717) is 25.5 Å². The second-order valence-electron chi connectivity index (χ2n) is 6.78. The van der Waals surface area contributed by atoms with Crippen molar-refractivity contribution in [2.24, 2.45) is 0 Å². The van der Waals surface area contributed by atoms with Gasteiger partial charge in [0.05, 0.1) is 18.8 Å². The highest BCUT2D eigenvalue weighted by molar-refractivity contribution is 5.76. The van der Waals surface area contributed by atoms with Crippen LogP contribution < -0.4 is 0 Å². The fraction of sp³-hybridized carbons (Fsp3) is 0.579. The Labute approximate surface area is 142 Å². The van der Waals surface area contributed by atoms with E-state index < -0.39 is 0 Å². The van der Waals surface area contributed by atoms with Gasteiger partial charge in [0.1, 0.15) is 5.52 Å². The van der Waals surface area contributed by atoms with Gasteiger partial charge in [0.15, 0.2) is 11.5 Å². The van der Waals surface area contributed by atoms with Gasteiger partial charge in [-0.2, -0.15) is 0 Å². The van der Waals surface area contributed by atoms with E-state index in [1.54, 1.807) is 0 Å². The van der Waals surface area contributed by atoms with Crippen molar-refractivity contribution < 1.29 is 13.9 Å². The number of para-hydroxylation sites is 2. The van der Waals surface area contributed by atoms with E-state index in [0.717, 1.165) is 42.8 Å². The Kier molecular flexibility index (Phi) is 4.52. The lowest BCUT2D eigenvalue weighted by molar-refractivity contribution is -0.149. The molecular weight excluding hydrogens is 304 g/mol. The van der Waals surface area contributed by atoms with E-state index in [1.165, 1.54) is 12.8 Å². The molecule has 24 heavy (non-hydrogen) atoms. The van der Waals surface area contributed by atoms with Gasteiger partial charge in [0.25, 0.3) is 0 Å². The van der Waals surface area contributed by atoms with Crippen LogP contribution in [0, 0.1) is 0 Å². The highest BCUT2D eigenvalue weighted by atomic mass is 16.5. The minimum Gasteiger partial charge on any atom is -0.441 e. The average Bonchev–Trinajstić information content (AvgIpc) is 3.04. The van der Waals surface area contributed by atoms with Crippen molar-refractivity contribution >= 4 is 17.0 Å². The van der Waals surface area contributed by atoms with Crippen molar-refractivity contribution in [1.29, 1.82) is 0 Å². The fourth-order valence-corrected chi connectivity index (χ4v) is 3.97. The first-order chi connectivity index (χ1) is 11.8. The zero-order valence-electron chi connectivity index (χ0n) is 13.9. The summed E-state index contributed by atoms with van der Waals surface area (Å²) in [5.41, 5.74) is 1.70. The zero-order chi connectivity index (χ0) is 16.4. The van der Waals surface area contributed by atoms with Crippen molar-refractivity contribution in [1.82, 2.24) is 9.88 Å². The minimum absolute atomic E-state index is 0.256. The van der Waals surface area contributed by atoms with E-state index in [2.05, 4.69) is 9.88 Å². The van der Waals surface area contributed by atoms with Crippen LogP contribution in [0.25, 0.3) is 11.1 Å². The number of hydrogen-bond acceptors (Lipinski definition) is 4. The Hall–Kier alpha value is -1.88. The third kappa shape index (κ3) is 3.18. The van der Waals surface area contributed by atoms with E-state index in [4.69, 9.17) is 9.15 Å². The number of aryl methyl sites for hydroxylation is 1. The smallest absolute Gasteiger partial charge is 0.223 e. The van der Waals surface area contributed by atoms with Gasteiger partial charge < -0.3 is 14.1 Å². The molecular formula is C19H24N2O3. The first kappa shape index (κ1) is 15.6. The molecule has 0 bridgehead atoms. The van der Waals surface area contributed by atoms with Crippen LogP contribution in [-0.2, 0) is 16.0 Å². The quantitative estimate of drug-likeness (QED) is 0.864. The fourth-order valence-electron chi connectivity index (χ4n) is 3.97. The summed E-state index contributed by atoms with van der Waals surface area (Å²) < 4.78 is 11.6. The SMILES string of the molecule is O=C(CCCc1nc2ccccc2o1)N1CCO[C@H]2CCCC[C@H]21. The Bertz CT molecular complexity index is 676. The van der Waals surface area contributed by atoms with Crippen molar-refractivity contribution in [3.8, 4) is 0 Å². The van der Waals surface area contributed by atoms with Crippen LogP contribution in [0.5, 0.6) is 0 Å². The van der Waals surface area contributed by atoms with Crippen LogP contribution in [0.4, 0.5) is 0 Å². The number of benzene rings is 1. The predicted octanol–water partition coefficient (Wildman–Crippen LogP) is 3.32. The second-order valence-corrected chi connectivity index (χ2v) is 6.78. The summed E-state index contributed by atoms with van der Waals surface area (Å²) in [6, 6.07) is 8.07. The number of nitrogens with zero attached hydrogens (tertiary/aromatic N) is 2. The van der Waals surface area contributed by atoms with Gasteiger partial charge in [-0.25, -0.2) is 4.98 Å². The molecule has 2 atom stereocenters. The number of fused-ring (bicyclic) bond motifs is 2. The Balaban J connectivity index is 1.32. The van der Waals surface area contributed by atoms with Crippen LogP contribution in [0.3, 0.4) is 0 Å². The van der Waals surface area contributed by atoms with Gasteiger partial charge >= 0.3 is 0 Å². The van der Waals surface area contributed by atoms with Crippen LogP contribution in [-0.4, -0.2) is 41.1 Å². The molecule has 1 aromatic carbocycles. The lowest BCUT2D eigenvalue weighted by atomic mass is 9.90. The van der Waals surface area contributed by atoms with E-state index in [9.17, 15) is 4.79 Å². The molecule has 2 fully saturated rings. The van der Waals surface area contributed by atoms with E-state index >= 15 is 0 Å². The second kappa shape index (κ2) is 6.93. The molecule has 1 amide bonds. The summed E-state index contributed by atoms with van der Waals surface area (Å²) in [6.07, 6.45) is 6.91. The van der Waals surface area contributed by atoms with Crippen molar-refractivity contribution in [3.63, 3.8) is 0 Å². The third-order valence-corrected chi connectivity index (χ3v) is 5.17. The molecule has 0 unspecified atom stereocenters. The normalized spacial score (nSPS) is 24.1. The Morgan fingerprint density at radius 2 is 2.12 bits per heavy atom. The first-order valence-electron chi connectivity index (χ1n) is 9.07. The van der Waals surface area contributed by atoms with Crippen molar-refractivity contribution in [2.75, 3.05) is 13.2 Å². The van der Waals surface area contributed by atoms with Crippen LogP contribution in [0.15, 0.2) is 28.7 Å². The Morgan fingerprint density at radius 1 is 1.25 bits per heavy atom. The Morgan fingerprint density at radius 3 is 3.04 bits per heavy atom. The van der Waals surface area contributed by atoms with Crippen LogP contribution in [0.2, 0.25) is 0 Å². The molecule has 0 radical (unpaired) electrons. The number of hydrogen-bond donors (Lipinski definition) is 0. The number of amides is 1. The molecule has 4 rings (SSSR count). The van der Waals surface area contributed by atoms with Gasteiger partial charge in [-0.1, -0.05) is 25.0 Å². The molecule has 2 aromatic rings. The molecule has 1 aliphatic heterocycles. The molecule has 1 aromatic heterocycles. The number of aromatic nitrogens is 1. The summed E-state index contributed by atoms with van der Waals surface area (Å²) in [5.74, 6) is 0.979. The molecule has 1 saturated heterocycles. The number of morpholine rings is 1. The maximum atomic E-state index is 12.6. The monoisotopic (exact) mass is 328 g/mol. The van der Waals surface area contributed by atoms with E-state index in [1.807, 2.05) is 24.3 Å². The molecule has 1 saturated carbocycles. The number of carbonyl (C=O) groups is 1. The van der Waals surface area contributed by atoms with E-state index in [-0.39, 0.29) is 12.0 Å². The lowest BCUT2D eigenvalue weighted by Crippen LogP contribution is -2.54. The van der Waals surface area contributed by atoms with Crippen LogP contribution >= 0.6 is 0 Å². The summed E-state index contributed by atoms with van der Waals surface area (Å²) >= 11 is 0. The van der Waals surface area contributed by atoms with Crippen molar-refractivity contribution in [2.45, 2.75) is 57.1 Å². The van der Waals surface area contributed by atoms with Gasteiger partial charge in [-0.05, 0) is 31.4 Å². The summed E-state index contributed by atoms with van der Waals surface area (Å²) in [7, 11) is 0. The third-order valence-electron chi connectivity index (χ3n) is 5.17. The molecule has 0 N–H and O–H groups in total. The highest BCUT2D eigenvalue weighted by Crippen LogP contribution is 2.29. The first-order valence-corrected chi connectivity index (χ1v) is 9.07. The van der Waals surface area contributed by atoms with Gasteiger partial charge in [0, 0.05) is 19.4 Å². The molecule has 5 nitrogen and oxygen atoms in total. The lowest BCUT2D eigenvalue weighted by Gasteiger charge is -2.43. The highest BCUT2D eigenvalue weighted by Gasteiger charge is 2.36. The number of ether oxygens (including phenoxy) is 1. The maximum Gasteiger partial charge on any atom is 0.223 e. The molecule has 128 valence electrons.